The molecular formula is C12H12N4O. The molecule has 0 saturated heterocycles. The third-order valence-electron chi connectivity index (χ3n) is 2.68. The molecule has 2 aromatic heterocycles. The second kappa shape index (κ2) is 4.39. The Hall–Kier alpha value is -2.14. The fraction of sp³-hybridized carbons (Fsp3) is 0.167. The lowest BCUT2D eigenvalue weighted by Crippen LogP contribution is -2.13. The summed E-state index contributed by atoms with van der Waals surface area (Å²) in [5, 5.41) is 8.25. The Kier molecular flexibility index (Phi) is 2.59. The summed E-state index contributed by atoms with van der Waals surface area (Å²) < 4.78 is 4.67. The van der Waals surface area contributed by atoms with E-state index in [1.165, 1.54) is 22.9 Å². The lowest BCUT2D eigenvalue weighted by atomic mass is 10.1. The molecule has 1 aromatic carbocycles. The monoisotopic (exact) mass is 228 g/mol. The molecule has 0 aliphatic rings. The molecule has 0 spiro atoms. The van der Waals surface area contributed by atoms with E-state index in [1.54, 1.807) is 0 Å². The van der Waals surface area contributed by atoms with Crippen molar-refractivity contribution in [3.05, 3.63) is 48.2 Å². The van der Waals surface area contributed by atoms with Crippen LogP contribution < -0.4 is 5.32 Å². The minimum atomic E-state index is 0.605. The first-order chi connectivity index (χ1) is 8.43. The van der Waals surface area contributed by atoms with Gasteiger partial charge in [-0.15, -0.1) is 0 Å². The van der Waals surface area contributed by atoms with Crippen LogP contribution in [-0.2, 0) is 13.1 Å². The van der Waals surface area contributed by atoms with Gasteiger partial charge in [-0.1, -0.05) is 23.4 Å². The second-order valence-electron chi connectivity index (χ2n) is 3.81. The van der Waals surface area contributed by atoms with Crippen molar-refractivity contribution in [1.82, 2.24) is 20.4 Å². The zero-order valence-electron chi connectivity index (χ0n) is 9.18. The molecule has 0 aliphatic carbocycles. The first kappa shape index (κ1) is 10.0. The molecule has 0 bridgehead atoms. The van der Waals surface area contributed by atoms with E-state index in [4.69, 9.17) is 0 Å². The smallest absolute Gasteiger partial charge is 0.213 e. The van der Waals surface area contributed by atoms with Gasteiger partial charge < -0.3 is 14.8 Å². The van der Waals surface area contributed by atoms with Gasteiger partial charge in [-0.05, 0) is 17.0 Å². The molecule has 5 heteroatoms. The van der Waals surface area contributed by atoms with E-state index in [0.29, 0.717) is 12.4 Å². The lowest BCUT2D eigenvalue weighted by Gasteiger charge is -2.03. The van der Waals surface area contributed by atoms with Crippen LogP contribution in [0.15, 0.2) is 41.4 Å². The number of aromatic nitrogens is 3. The van der Waals surface area contributed by atoms with E-state index >= 15 is 0 Å². The number of hydrogen-bond acceptors (Lipinski definition) is 4. The highest BCUT2D eigenvalue weighted by molar-refractivity contribution is 5.82. The van der Waals surface area contributed by atoms with Crippen molar-refractivity contribution in [2.45, 2.75) is 13.1 Å². The van der Waals surface area contributed by atoms with Crippen molar-refractivity contribution in [3.63, 3.8) is 0 Å². The van der Waals surface area contributed by atoms with Crippen LogP contribution in [0.1, 0.15) is 11.4 Å². The molecule has 3 aromatic rings. The Morgan fingerprint density at radius 1 is 1.24 bits per heavy atom. The molecule has 2 N–H and O–H groups in total. The number of rotatable bonds is 4. The van der Waals surface area contributed by atoms with Crippen molar-refractivity contribution in [3.8, 4) is 0 Å². The molecule has 0 saturated carbocycles. The molecule has 5 nitrogen and oxygen atoms in total. The fourth-order valence-corrected chi connectivity index (χ4v) is 1.88. The summed E-state index contributed by atoms with van der Waals surface area (Å²) in [4.78, 5) is 7.19. The first-order valence-electron chi connectivity index (χ1n) is 5.44. The summed E-state index contributed by atoms with van der Waals surface area (Å²) in [6.45, 7) is 1.37. The lowest BCUT2D eigenvalue weighted by molar-refractivity contribution is 0.407. The average Bonchev–Trinajstić information content (AvgIpc) is 2.99. The van der Waals surface area contributed by atoms with Crippen molar-refractivity contribution in [2.75, 3.05) is 0 Å². The maximum Gasteiger partial charge on any atom is 0.213 e. The van der Waals surface area contributed by atoms with Crippen LogP contribution in [0.5, 0.6) is 0 Å². The van der Waals surface area contributed by atoms with E-state index < -0.39 is 0 Å². The van der Waals surface area contributed by atoms with E-state index in [2.05, 4.69) is 49.2 Å². The van der Waals surface area contributed by atoms with Crippen LogP contribution in [0.4, 0.5) is 0 Å². The maximum absolute atomic E-state index is 4.67. The minimum Gasteiger partial charge on any atom is -0.361 e. The predicted molar refractivity (Wildman–Crippen MR) is 63.1 cm³/mol. The fourth-order valence-electron chi connectivity index (χ4n) is 1.88. The summed E-state index contributed by atoms with van der Waals surface area (Å²) in [6, 6.07) is 8.32. The van der Waals surface area contributed by atoms with Gasteiger partial charge in [-0.2, -0.15) is 4.98 Å². The van der Waals surface area contributed by atoms with Crippen LogP contribution in [0.3, 0.4) is 0 Å². The summed E-state index contributed by atoms with van der Waals surface area (Å²) >= 11 is 0. The molecule has 0 unspecified atom stereocenters. The van der Waals surface area contributed by atoms with Crippen molar-refractivity contribution >= 4 is 10.9 Å². The molecule has 0 radical (unpaired) electrons. The first-order valence-corrected chi connectivity index (χ1v) is 5.44. The normalized spacial score (nSPS) is 11.1. The van der Waals surface area contributed by atoms with E-state index in [1.807, 2.05) is 6.20 Å². The maximum atomic E-state index is 4.67. The number of nitrogens with one attached hydrogen (secondary N) is 2. The zero-order chi connectivity index (χ0) is 11.5. The third kappa shape index (κ3) is 2.05. The van der Waals surface area contributed by atoms with Crippen LogP contribution in [0.25, 0.3) is 10.9 Å². The number of fused-ring (bicyclic) bond motifs is 1. The zero-order valence-corrected chi connectivity index (χ0v) is 9.18. The van der Waals surface area contributed by atoms with Gasteiger partial charge in [0, 0.05) is 18.3 Å². The Labute approximate surface area is 97.8 Å². The largest absolute Gasteiger partial charge is 0.361 e. The molecule has 0 atom stereocenters. The van der Waals surface area contributed by atoms with E-state index in [0.717, 1.165) is 6.54 Å². The van der Waals surface area contributed by atoms with E-state index in [-0.39, 0.29) is 0 Å². The Morgan fingerprint density at radius 2 is 2.24 bits per heavy atom. The van der Waals surface area contributed by atoms with Gasteiger partial charge in [0.05, 0.1) is 6.54 Å². The van der Waals surface area contributed by atoms with Crippen molar-refractivity contribution in [1.29, 1.82) is 0 Å². The van der Waals surface area contributed by atoms with Crippen molar-refractivity contribution < 1.29 is 4.52 Å². The summed E-state index contributed by atoms with van der Waals surface area (Å²) in [5.41, 5.74) is 2.41. The molecule has 0 fully saturated rings. The number of para-hydroxylation sites is 1. The van der Waals surface area contributed by atoms with Gasteiger partial charge in [-0.3, -0.25) is 0 Å². The SMILES string of the molecule is c1cc(CNCc2ncon2)c2[nH]ccc2c1. The highest BCUT2D eigenvalue weighted by Crippen LogP contribution is 2.16. The van der Waals surface area contributed by atoms with Gasteiger partial charge >= 0.3 is 0 Å². The molecule has 86 valence electrons. The summed E-state index contributed by atoms with van der Waals surface area (Å²) in [5.74, 6) is 0.670. The summed E-state index contributed by atoms with van der Waals surface area (Å²) in [6.07, 6.45) is 3.29. The predicted octanol–water partition coefficient (Wildman–Crippen LogP) is 1.84. The standard InChI is InChI=1S/C12H12N4O/c1-2-9-4-5-14-12(9)10(3-1)6-13-7-11-15-8-17-16-11/h1-5,8,13-14H,6-7H2. The van der Waals surface area contributed by atoms with Gasteiger partial charge in [0.25, 0.3) is 0 Å². The quantitative estimate of drug-likeness (QED) is 0.715. The van der Waals surface area contributed by atoms with Gasteiger partial charge in [0.1, 0.15) is 0 Å². The van der Waals surface area contributed by atoms with Crippen LogP contribution in [-0.4, -0.2) is 15.1 Å². The third-order valence-corrected chi connectivity index (χ3v) is 2.68. The second-order valence-corrected chi connectivity index (χ2v) is 3.81. The van der Waals surface area contributed by atoms with E-state index in [9.17, 15) is 0 Å². The number of hydrogen-bond donors (Lipinski definition) is 2. The number of H-pyrrole nitrogens is 1. The Morgan fingerprint density at radius 3 is 3.12 bits per heavy atom. The van der Waals surface area contributed by atoms with Gasteiger partial charge in [-0.25, -0.2) is 0 Å². The van der Waals surface area contributed by atoms with Crippen LogP contribution in [0.2, 0.25) is 0 Å². The number of aromatic amines is 1. The van der Waals surface area contributed by atoms with Crippen LogP contribution in [0, 0.1) is 0 Å². The Balaban J connectivity index is 1.70. The highest BCUT2D eigenvalue weighted by atomic mass is 16.5. The number of nitrogens with zero attached hydrogens (tertiary/aromatic N) is 2. The number of benzene rings is 1. The van der Waals surface area contributed by atoms with Crippen LogP contribution >= 0.6 is 0 Å². The summed E-state index contributed by atoms with van der Waals surface area (Å²) in [7, 11) is 0. The van der Waals surface area contributed by atoms with Crippen molar-refractivity contribution in [2.24, 2.45) is 0 Å². The average molecular weight is 228 g/mol. The molecule has 0 amide bonds. The molecule has 2 heterocycles. The Bertz CT molecular complexity index is 600. The topological polar surface area (TPSA) is 66.7 Å². The molecular weight excluding hydrogens is 216 g/mol. The highest BCUT2D eigenvalue weighted by Gasteiger charge is 2.02. The molecule has 0 aliphatic heterocycles. The van der Waals surface area contributed by atoms with Gasteiger partial charge in [0.2, 0.25) is 6.39 Å². The molecule has 17 heavy (non-hydrogen) atoms. The minimum absolute atomic E-state index is 0.605. The van der Waals surface area contributed by atoms with Gasteiger partial charge in [0.15, 0.2) is 5.82 Å². The molecule has 3 rings (SSSR count).